The summed E-state index contributed by atoms with van der Waals surface area (Å²) in [6.45, 7) is 5.57. The van der Waals surface area contributed by atoms with Crippen LogP contribution in [-0.4, -0.2) is 16.4 Å². The smallest absolute Gasteiger partial charge is 0.282 e. The van der Waals surface area contributed by atoms with Crippen molar-refractivity contribution in [1.29, 1.82) is 0 Å². The fraction of sp³-hybridized carbons (Fsp3) is 0.200. The van der Waals surface area contributed by atoms with E-state index in [1.807, 2.05) is 0 Å². The fourth-order valence-electron chi connectivity index (χ4n) is 1.26. The molecule has 1 aromatic carbocycles. The third kappa shape index (κ3) is 2.64. The van der Waals surface area contributed by atoms with Crippen molar-refractivity contribution in [2.75, 3.05) is 6.61 Å². The molecule has 0 radical (unpaired) electrons. The van der Waals surface area contributed by atoms with Crippen molar-refractivity contribution in [1.82, 2.24) is 0 Å². The van der Waals surface area contributed by atoms with Crippen LogP contribution in [0.2, 0.25) is 0 Å². The van der Waals surface area contributed by atoms with Crippen molar-refractivity contribution in [2.24, 2.45) is 0 Å². The standard InChI is InChI=1S/C10H12NO4P/c1-3-8-6-5-7-9(11(12)13)10(8)16(14)15-4-2/h3,5-7,14H,1,4H2,2H3. The van der Waals surface area contributed by atoms with E-state index in [1.165, 1.54) is 12.1 Å². The quantitative estimate of drug-likeness (QED) is 0.487. The van der Waals surface area contributed by atoms with E-state index in [0.717, 1.165) is 0 Å². The molecule has 1 rings (SSSR count). The van der Waals surface area contributed by atoms with E-state index >= 15 is 0 Å². The number of nitro benzene ring substituents is 1. The molecule has 1 aromatic rings. The minimum absolute atomic E-state index is 0.139. The molecule has 0 fully saturated rings. The van der Waals surface area contributed by atoms with Crippen molar-refractivity contribution in [3.05, 3.63) is 40.5 Å². The zero-order chi connectivity index (χ0) is 12.1. The predicted molar refractivity (Wildman–Crippen MR) is 63.6 cm³/mol. The minimum atomic E-state index is -1.97. The number of hydrogen-bond donors (Lipinski definition) is 1. The van der Waals surface area contributed by atoms with Crippen LogP contribution in [0.5, 0.6) is 0 Å². The molecular formula is C10H12NO4P. The molecule has 0 aromatic heterocycles. The monoisotopic (exact) mass is 241 g/mol. The topological polar surface area (TPSA) is 72.6 Å². The first-order valence-electron chi connectivity index (χ1n) is 4.63. The molecule has 0 aliphatic rings. The highest BCUT2D eigenvalue weighted by Crippen LogP contribution is 2.36. The van der Waals surface area contributed by atoms with Gasteiger partial charge in [0, 0.05) is 6.07 Å². The van der Waals surface area contributed by atoms with Crippen molar-refractivity contribution < 1.29 is 14.3 Å². The molecule has 0 saturated carbocycles. The van der Waals surface area contributed by atoms with Crippen molar-refractivity contribution in [3.63, 3.8) is 0 Å². The SMILES string of the molecule is C=Cc1cccc([N+](=O)[O-])c1P(O)OCC. The van der Waals surface area contributed by atoms with E-state index < -0.39 is 13.3 Å². The second kappa shape index (κ2) is 5.70. The molecule has 0 heterocycles. The van der Waals surface area contributed by atoms with Crippen LogP contribution in [0.3, 0.4) is 0 Å². The Labute approximate surface area is 94.4 Å². The highest BCUT2D eigenvalue weighted by molar-refractivity contribution is 7.55. The minimum Gasteiger partial charge on any atom is -0.346 e. The summed E-state index contributed by atoms with van der Waals surface area (Å²) in [6.07, 6.45) is 1.47. The van der Waals surface area contributed by atoms with E-state index in [0.29, 0.717) is 12.2 Å². The van der Waals surface area contributed by atoms with Crippen molar-refractivity contribution >= 4 is 25.4 Å². The summed E-state index contributed by atoms with van der Waals surface area (Å²) in [5, 5.41) is 11.0. The van der Waals surface area contributed by atoms with Gasteiger partial charge < -0.3 is 9.42 Å². The maximum absolute atomic E-state index is 10.8. The molecule has 6 heteroatoms. The summed E-state index contributed by atoms with van der Waals surface area (Å²) in [6, 6.07) is 4.54. The Hall–Kier alpha value is -1.29. The number of hydrogen-bond acceptors (Lipinski definition) is 4. The summed E-state index contributed by atoms with van der Waals surface area (Å²) in [4.78, 5) is 20.0. The van der Waals surface area contributed by atoms with E-state index in [1.54, 1.807) is 19.1 Å². The summed E-state index contributed by atoms with van der Waals surface area (Å²) >= 11 is 0. The van der Waals surface area contributed by atoms with Crippen LogP contribution in [0.1, 0.15) is 12.5 Å². The molecule has 0 aliphatic carbocycles. The maximum Gasteiger partial charge on any atom is 0.282 e. The second-order valence-corrected chi connectivity index (χ2v) is 4.12. The molecule has 86 valence electrons. The van der Waals surface area contributed by atoms with Crippen molar-refractivity contribution in [3.8, 4) is 0 Å². The highest BCUT2D eigenvalue weighted by atomic mass is 31.2. The normalized spacial score (nSPS) is 12.1. The Morgan fingerprint density at radius 2 is 2.38 bits per heavy atom. The van der Waals surface area contributed by atoms with Gasteiger partial charge in [-0.2, -0.15) is 0 Å². The van der Waals surface area contributed by atoms with Crippen LogP contribution in [-0.2, 0) is 4.52 Å². The summed E-state index contributed by atoms with van der Waals surface area (Å²) in [5.41, 5.74) is 0.385. The van der Waals surface area contributed by atoms with Gasteiger partial charge in [-0.25, -0.2) is 0 Å². The van der Waals surface area contributed by atoms with Gasteiger partial charge in [-0.3, -0.25) is 10.1 Å². The van der Waals surface area contributed by atoms with Crippen LogP contribution < -0.4 is 5.30 Å². The summed E-state index contributed by atoms with van der Waals surface area (Å²) in [7, 11) is -1.97. The van der Waals surface area contributed by atoms with E-state index in [4.69, 9.17) is 4.52 Å². The average molecular weight is 241 g/mol. The maximum atomic E-state index is 10.8. The molecule has 0 amide bonds. The number of nitrogens with zero attached hydrogens (tertiary/aromatic N) is 1. The molecule has 16 heavy (non-hydrogen) atoms. The first-order chi connectivity index (χ1) is 7.61. The highest BCUT2D eigenvalue weighted by Gasteiger charge is 2.24. The van der Waals surface area contributed by atoms with E-state index in [2.05, 4.69) is 6.58 Å². The Morgan fingerprint density at radius 3 is 2.88 bits per heavy atom. The lowest BCUT2D eigenvalue weighted by Gasteiger charge is -2.12. The van der Waals surface area contributed by atoms with Gasteiger partial charge in [0.15, 0.2) is 0 Å². The Balaban J connectivity index is 3.29. The van der Waals surface area contributed by atoms with Gasteiger partial charge in [-0.1, -0.05) is 24.8 Å². The lowest BCUT2D eigenvalue weighted by Crippen LogP contribution is -2.12. The van der Waals surface area contributed by atoms with Gasteiger partial charge in [0.25, 0.3) is 5.69 Å². The van der Waals surface area contributed by atoms with Gasteiger partial charge in [-0.05, 0) is 12.5 Å². The largest absolute Gasteiger partial charge is 0.346 e. The Bertz CT molecular complexity index is 408. The van der Waals surface area contributed by atoms with E-state index in [9.17, 15) is 15.0 Å². The first-order valence-corrected chi connectivity index (χ1v) is 5.84. The molecule has 0 saturated heterocycles. The number of rotatable bonds is 5. The molecule has 1 N–H and O–H groups in total. The van der Waals surface area contributed by atoms with E-state index in [-0.39, 0.29) is 11.0 Å². The van der Waals surface area contributed by atoms with Crippen molar-refractivity contribution in [2.45, 2.75) is 6.92 Å². The van der Waals surface area contributed by atoms with Crippen LogP contribution in [0.15, 0.2) is 24.8 Å². The lowest BCUT2D eigenvalue weighted by atomic mass is 10.2. The predicted octanol–water partition coefficient (Wildman–Crippen LogP) is 2.20. The molecule has 0 aliphatic heterocycles. The van der Waals surface area contributed by atoms with Gasteiger partial charge in [0.1, 0.15) is 5.30 Å². The third-order valence-electron chi connectivity index (χ3n) is 1.91. The average Bonchev–Trinajstić information content (AvgIpc) is 2.28. The van der Waals surface area contributed by atoms with Gasteiger partial charge in [-0.15, -0.1) is 0 Å². The fourth-order valence-corrected chi connectivity index (χ4v) is 2.37. The first kappa shape index (κ1) is 12.8. The molecular weight excluding hydrogens is 229 g/mol. The zero-order valence-corrected chi connectivity index (χ0v) is 9.68. The Kier molecular flexibility index (Phi) is 4.55. The molecule has 1 unspecified atom stereocenters. The lowest BCUT2D eigenvalue weighted by molar-refractivity contribution is -0.383. The number of benzene rings is 1. The van der Waals surface area contributed by atoms with Crippen LogP contribution >= 0.6 is 8.38 Å². The zero-order valence-electron chi connectivity index (χ0n) is 8.79. The second-order valence-electron chi connectivity index (χ2n) is 2.87. The number of nitro groups is 1. The summed E-state index contributed by atoms with van der Waals surface area (Å²) < 4.78 is 5.03. The van der Waals surface area contributed by atoms with Gasteiger partial charge in [0.2, 0.25) is 8.38 Å². The van der Waals surface area contributed by atoms with Crippen LogP contribution in [0, 0.1) is 10.1 Å². The van der Waals surface area contributed by atoms with Gasteiger partial charge >= 0.3 is 0 Å². The molecule has 0 spiro atoms. The molecule has 1 atom stereocenters. The third-order valence-corrected chi connectivity index (χ3v) is 3.28. The van der Waals surface area contributed by atoms with Crippen LogP contribution in [0.25, 0.3) is 6.08 Å². The summed E-state index contributed by atoms with van der Waals surface area (Å²) in [5.74, 6) is 0. The molecule has 5 nitrogen and oxygen atoms in total. The van der Waals surface area contributed by atoms with Crippen LogP contribution in [0.4, 0.5) is 5.69 Å². The van der Waals surface area contributed by atoms with Gasteiger partial charge in [0.05, 0.1) is 11.5 Å². The Morgan fingerprint density at radius 1 is 1.69 bits per heavy atom. The molecule has 0 bridgehead atoms.